The van der Waals surface area contributed by atoms with E-state index in [4.69, 9.17) is 4.74 Å². The Bertz CT molecular complexity index is 832. The van der Waals surface area contributed by atoms with Gasteiger partial charge < -0.3 is 15.2 Å². The lowest BCUT2D eigenvalue weighted by Crippen LogP contribution is -2.27. The van der Waals surface area contributed by atoms with Crippen LogP contribution in [-0.2, 0) is 11.2 Å². The van der Waals surface area contributed by atoms with Crippen molar-refractivity contribution in [1.29, 1.82) is 0 Å². The van der Waals surface area contributed by atoms with Gasteiger partial charge in [0.25, 0.3) is 0 Å². The molecule has 1 heterocycles. The third-order valence-electron chi connectivity index (χ3n) is 3.72. The Hall–Kier alpha value is -2.86. The molecule has 3 rings (SSSR count). The van der Waals surface area contributed by atoms with Crippen molar-refractivity contribution in [3.05, 3.63) is 65.0 Å². The highest BCUT2D eigenvalue weighted by Gasteiger charge is 2.06. The van der Waals surface area contributed by atoms with Crippen LogP contribution in [0, 0.1) is 0 Å². The van der Waals surface area contributed by atoms with Crippen molar-refractivity contribution in [2.45, 2.75) is 12.8 Å². The molecule has 134 valence electrons. The number of aromatic nitrogens is 1. The van der Waals surface area contributed by atoms with Gasteiger partial charge in [-0.3, -0.25) is 4.79 Å². The minimum Gasteiger partial charge on any atom is -0.508 e. The fourth-order valence-electron chi connectivity index (χ4n) is 2.37. The molecule has 1 amide bonds. The minimum absolute atomic E-state index is 0.0313. The predicted molar refractivity (Wildman–Crippen MR) is 102 cm³/mol. The normalized spacial score (nSPS) is 10.5. The van der Waals surface area contributed by atoms with E-state index in [1.807, 2.05) is 47.8 Å². The second-order valence-corrected chi connectivity index (χ2v) is 6.63. The van der Waals surface area contributed by atoms with Gasteiger partial charge in [-0.1, -0.05) is 18.2 Å². The van der Waals surface area contributed by atoms with Crippen molar-refractivity contribution in [3.63, 3.8) is 0 Å². The summed E-state index contributed by atoms with van der Waals surface area (Å²) in [6.45, 7) is 0.908. The maximum atomic E-state index is 11.9. The van der Waals surface area contributed by atoms with E-state index >= 15 is 0 Å². The quantitative estimate of drug-likeness (QED) is 0.637. The highest BCUT2D eigenvalue weighted by Crippen LogP contribution is 2.23. The second kappa shape index (κ2) is 9.01. The maximum Gasteiger partial charge on any atom is 0.223 e. The van der Waals surface area contributed by atoms with Crippen LogP contribution in [-0.4, -0.2) is 29.1 Å². The van der Waals surface area contributed by atoms with E-state index in [9.17, 15) is 9.90 Å². The van der Waals surface area contributed by atoms with Gasteiger partial charge in [0, 0.05) is 23.9 Å². The Morgan fingerprint density at radius 2 is 1.88 bits per heavy atom. The number of rotatable bonds is 8. The molecule has 3 aromatic rings. The zero-order valence-corrected chi connectivity index (χ0v) is 15.0. The van der Waals surface area contributed by atoms with E-state index in [-0.39, 0.29) is 11.7 Å². The fourth-order valence-corrected chi connectivity index (χ4v) is 3.17. The van der Waals surface area contributed by atoms with Gasteiger partial charge in [-0.25, -0.2) is 4.98 Å². The predicted octanol–water partition coefficient (Wildman–Crippen LogP) is 3.64. The van der Waals surface area contributed by atoms with E-state index in [1.165, 1.54) is 0 Å². The number of nitrogens with one attached hydrogen (secondary N) is 1. The van der Waals surface area contributed by atoms with Crippen LogP contribution in [0.1, 0.15) is 11.4 Å². The molecule has 5 nitrogen and oxygen atoms in total. The summed E-state index contributed by atoms with van der Waals surface area (Å²) in [5, 5.41) is 15.2. The van der Waals surface area contributed by atoms with Crippen LogP contribution in [0.2, 0.25) is 0 Å². The number of carbonyl (C=O) groups excluding carboxylic acids is 1. The molecule has 0 unspecified atom stereocenters. The Balaban J connectivity index is 1.38. The topological polar surface area (TPSA) is 71.5 Å². The van der Waals surface area contributed by atoms with Crippen LogP contribution < -0.4 is 10.1 Å². The Kier molecular flexibility index (Phi) is 6.22. The molecule has 1 aromatic heterocycles. The van der Waals surface area contributed by atoms with Crippen LogP contribution in [0.5, 0.6) is 11.5 Å². The van der Waals surface area contributed by atoms with E-state index in [1.54, 1.807) is 23.5 Å². The summed E-state index contributed by atoms with van der Waals surface area (Å²) in [5.41, 5.74) is 1.85. The van der Waals surface area contributed by atoms with Gasteiger partial charge in [0.2, 0.25) is 5.91 Å². The molecule has 0 spiro atoms. The number of carbonyl (C=O) groups is 1. The minimum atomic E-state index is -0.0313. The number of hydrogen-bond acceptors (Lipinski definition) is 5. The van der Waals surface area contributed by atoms with Crippen molar-refractivity contribution in [3.8, 4) is 22.8 Å². The molecule has 0 aliphatic heterocycles. The van der Waals surface area contributed by atoms with Gasteiger partial charge in [0.05, 0.1) is 23.7 Å². The lowest BCUT2D eigenvalue weighted by molar-refractivity contribution is -0.121. The first kappa shape index (κ1) is 17.9. The van der Waals surface area contributed by atoms with Crippen LogP contribution in [0.15, 0.2) is 60.0 Å². The lowest BCUT2D eigenvalue weighted by Gasteiger charge is -2.06. The summed E-state index contributed by atoms with van der Waals surface area (Å²) in [5.74, 6) is 0.976. The monoisotopic (exact) mass is 368 g/mol. The number of ether oxygens (including phenoxy) is 1. The van der Waals surface area contributed by atoms with Crippen LogP contribution >= 0.6 is 11.3 Å². The first-order valence-corrected chi connectivity index (χ1v) is 9.27. The molecule has 6 heteroatoms. The number of amides is 1. The van der Waals surface area contributed by atoms with Gasteiger partial charge in [0.1, 0.15) is 11.5 Å². The molecule has 0 atom stereocenters. The third-order valence-corrected chi connectivity index (χ3v) is 4.63. The molecule has 0 aliphatic carbocycles. The first-order chi connectivity index (χ1) is 12.7. The van der Waals surface area contributed by atoms with Crippen LogP contribution in [0.25, 0.3) is 11.3 Å². The standard InChI is InChI=1S/C20H20N2O3S/c23-16-8-6-15(7-9-16)18-14-26-20(22-18)10-12-21-19(24)11-13-25-17-4-2-1-3-5-17/h1-9,14,23H,10-13H2,(H,21,24). The van der Waals surface area contributed by atoms with Gasteiger partial charge >= 0.3 is 0 Å². The second-order valence-electron chi connectivity index (χ2n) is 5.68. The highest BCUT2D eigenvalue weighted by atomic mass is 32.1. The number of thiazole rings is 1. The lowest BCUT2D eigenvalue weighted by atomic mass is 10.2. The number of phenols is 1. The molecule has 0 saturated heterocycles. The van der Waals surface area contributed by atoms with Gasteiger partial charge in [0.15, 0.2) is 0 Å². The third kappa shape index (κ3) is 5.32. The van der Waals surface area contributed by atoms with Crippen LogP contribution in [0.4, 0.5) is 0 Å². The molecule has 26 heavy (non-hydrogen) atoms. The summed E-state index contributed by atoms with van der Waals surface area (Å²) in [4.78, 5) is 16.4. The number of phenolic OH excluding ortho intramolecular Hbond substituents is 1. The van der Waals surface area contributed by atoms with E-state index < -0.39 is 0 Å². The highest BCUT2D eigenvalue weighted by molar-refractivity contribution is 7.09. The smallest absolute Gasteiger partial charge is 0.223 e. The van der Waals surface area contributed by atoms with Crippen molar-refractivity contribution in [1.82, 2.24) is 10.3 Å². The van der Waals surface area contributed by atoms with Gasteiger partial charge in [-0.15, -0.1) is 11.3 Å². The average molecular weight is 368 g/mol. The van der Waals surface area contributed by atoms with E-state index in [0.717, 1.165) is 22.0 Å². The molecule has 0 radical (unpaired) electrons. The zero-order valence-electron chi connectivity index (χ0n) is 14.2. The largest absolute Gasteiger partial charge is 0.508 e. The Labute approximate surface area is 156 Å². The number of aromatic hydroxyl groups is 1. The molecule has 0 aliphatic rings. The van der Waals surface area contributed by atoms with Crippen molar-refractivity contribution < 1.29 is 14.6 Å². The average Bonchev–Trinajstić information content (AvgIpc) is 3.12. The van der Waals surface area contributed by atoms with Crippen molar-refractivity contribution >= 4 is 17.2 Å². The molecule has 2 N–H and O–H groups in total. The number of benzene rings is 2. The molecular weight excluding hydrogens is 348 g/mol. The summed E-state index contributed by atoms with van der Waals surface area (Å²) >= 11 is 1.57. The number of hydrogen-bond donors (Lipinski definition) is 2. The van der Waals surface area contributed by atoms with Crippen LogP contribution in [0.3, 0.4) is 0 Å². The molecule has 2 aromatic carbocycles. The van der Waals surface area contributed by atoms with Crippen molar-refractivity contribution in [2.75, 3.05) is 13.2 Å². The molecule has 0 fully saturated rings. The Morgan fingerprint density at radius 3 is 2.65 bits per heavy atom. The first-order valence-electron chi connectivity index (χ1n) is 8.39. The van der Waals surface area contributed by atoms with Crippen molar-refractivity contribution in [2.24, 2.45) is 0 Å². The summed E-state index contributed by atoms with van der Waals surface area (Å²) in [7, 11) is 0. The van der Waals surface area contributed by atoms with Gasteiger partial charge in [-0.2, -0.15) is 0 Å². The summed E-state index contributed by atoms with van der Waals surface area (Å²) in [6.07, 6.45) is 1.01. The SMILES string of the molecule is O=C(CCOc1ccccc1)NCCc1nc(-c2ccc(O)cc2)cs1. The number of nitrogens with zero attached hydrogens (tertiary/aromatic N) is 1. The zero-order chi connectivity index (χ0) is 18.2. The molecular formula is C20H20N2O3S. The Morgan fingerprint density at radius 1 is 1.12 bits per heavy atom. The van der Waals surface area contributed by atoms with E-state index in [0.29, 0.717) is 26.0 Å². The van der Waals surface area contributed by atoms with E-state index in [2.05, 4.69) is 10.3 Å². The summed E-state index contributed by atoms with van der Waals surface area (Å²) < 4.78 is 5.51. The fraction of sp³-hybridized carbons (Fsp3) is 0.200. The molecule has 0 saturated carbocycles. The summed E-state index contributed by atoms with van der Waals surface area (Å²) in [6, 6.07) is 16.4. The van der Waals surface area contributed by atoms with Gasteiger partial charge in [-0.05, 0) is 36.4 Å². The molecule has 0 bridgehead atoms. The number of para-hydroxylation sites is 1. The maximum absolute atomic E-state index is 11.9.